The van der Waals surface area contributed by atoms with Crippen LogP contribution in [-0.4, -0.2) is 24.5 Å². The van der Waals surface area contributed by atoms with E-state index in [0.717, 1.165) is 6.42 Å². The fourth-order valence-corrected chi connectivity index (χ4v) is 1.79. The minimum Gasteiger partial charge on any atom is -0.303 e. The molecule has 0 rings (SSSR count). The van der Waals surface area contributed by atoms with Crippen molar-refractivity contribution in [2.45, 2.75) is 65.2 Å². The van der Waals surface area contributed by atoms with Crippen molar-refractivity contribution >= 4 is 0 Å². The Morgan fingerprint density at radius 2 is 1.27 bits per heavy atom. The zero-order valence-electron chi connectivity index (χ0n) is 10.9. The van der Waals surface area contributed by atoms with Gasteiger partial charge < -0.3 is 4.90 Å². The molecule has 0 aromatic carbocycles. The van der Waals surface area contributed by atoms with E-state index in [1.807, 2.05) is 0 Å². The average Bonchev–Trinajstić information content (AvgIpc) is 2.27. The zero-order valence-corrected chi connectivity index (χ0v) is 10.9. The van der Waals surface area contributed by atoms with Crippen molar-refractivity contribution in [2.75, 3.05) is 19.6 Å². The van der Waals surface area contributed by atoms with Crippen LogP contribution in [0.1, 0.15) is 65.2 Å². The fourth-order valence-electron chi connectivity index (χ4n) is 1.79. The third-order valence-corrected chi connectivity index (χ3v) is 2.88. The molecule has 1 heteroatoms. The first-order valence-corrected chi connectivity index (χ1v) is 6.86. The van der Waals surface area contributed by atoms with Crippen LogP contribution in [0.4, 0.5) is 0 Å². The van der Waals surface area contributed by atoms with Crippen LogP contribution in [0.15, 0.2) is 0 Å². The van der Waals surface area contributed by atoms with E-state index in [9.17, 15) is 0 Å². The summed E-state index contributed by atoms with van der Waals surface area (Å²) in [5, 5.41) is 0. The number of nitrogens with zero attached hydrogens (tertiary/aromatic N) is 1. The van der Waals surface area contributed by atoms with Gasteiger partial charge in [-0.25, -0.2) is 0 Å². The smallest absolute Gasteiger partial charge is 0.00187 e. The molecule has 0 N–H and O–H groups in total. The maximum absolute atomic E-state index is 3.89. The van der Waals surface area contributed by atoms with Gasteiger partial charge in [0, 0.05) is 0 Å². The molecule has 1 nitrogen and oxygen atoms in total. The van der Waals surface area contributed by atoms with Crippen molar-refractivity contribution < 1.29 is 0 Å². The van der Waals surface area contributed by atoms with Crippen LogP contribution in [0.2, 0.25) is 0 Å². The molecule has 0 heterocycles. The van der Waals surface area contributed by atoms with Crippen molar-refractivity contribution in [3.8, 4) is 0 Å². The van der Waals surface area contributed by atoms with Crippen molar-refractivity contribution in [3.63, 3.8) is 0 Å². The second kappa shape index (κ2) is 12.0. The molecule has 0 atom stereocenters. The number of unbranched alkanes of at least 4 members (excludes halogenated alkanes) is 5. The van der Waals surface area contributed by atoms with Crippen molar-refractivity contribution in [2.24, 2.45) is 0 Å². The molecule has 0 aliphatic rings. The van der Waals surface area contributed by atoms with Gasteiger partial charge >= 0.3 is 0 Å². The van der Waals surface area contributed by atoms with E-state index in [1.54, 1.807) is 0 Å². The van der Waals surface area contributed by atoms with Crippen LogP contribution in [0.3, 0.4) is 0 Å². The van der Waals surface area contributed by atoms with Gasteiger partial charge in [-0.1, -0.05) is 52.9 Å². The summed E-state index contributed by atoms with van der Waals surface area (Å²) >= 11 is 0. The summed E-state index contributed by atoms with van der Waals surface area (Å²) in [7, 11) is 0. The van der Waals surface area contributed by atoms with Crippen LogP contribution in [0.5, 0.6) is 0 Å². The molecule has 0 saturated carbocycles. The monoisotopic (exact) mass is 212 g/mol. The Kier molecular flexibility index (Phi) is 12.0. The van der Waals surface area contributed by atoms with Gasteiger partial charge in [-0.3, -0.25) is 0 Å². The van der Waals surface area contributed by atoms with Crippen molar-refractivity contribution in [3.05, 3.63) is 6.92 Å². The van der Waals surface area contributed by atoms with E-state index in [2.05, 4.69) is 25.7 Å². The molecular weight excluding hydrogens is 182 g/mol. The lowest BCUT2D eigenvalue weighted by atomic mass is 10.2. The van der Waals surface area contributed by atoms with E-state index >= 15 is 0 Å². The summed E-state index contributed by atoms with van der Waals surface area (Å²) in [6.07, 6.45) is 10.5. The predicted molar refractivity (Wildman–Crippen MR) is 70.1 cm³/mol. The summed E-state index contributed by atoms with van der Waals surface area (Å²) in [5.41, 5.74) is 0. The highest BCUT2D eigenvalue weighted by Gasteiger charge is 2.02. The molecule has 0 bridgehead atoms. The highest BCUT2D eigenvalue weighted by Crippen LogP contribution is 2.04. The normalized spacial score (nSPS) is 11.2. The summed E-state index contributed by atoms with van der Waals surface area (Å²) < 4.78 is 0. The lowest BCUT2D eigenvalue weighted by molar-refractivity contribution is 0.259. The molecule has 0 amide bonds. The molecule has 0 aromatic heterocycles. The van der Waals surface area contributed by atoms with Crippen molar-refractivity contribution in [1.82, 2.24) is 4.90 Å². The van der Waals surface area contributed by atoms with Crippen LogP contribution < -0.4 is 0 Å². The lowest BCUT2D eigenvalue weighted by Crippen LogP contribution is -2.27. The summed E-state index contributed by atoms with van der Waals surface area (Å²) in [5.74, 6) is 0. The minimum absolute atomic E-state index is 1.10. The Labute approximate surface area is 97.2 Å². The quantitative estimate of drug-likeness (QED) is 0.462. The fraction of sp³-hybridized carbons (Fsp3) is 0.929. The number of hydrogen-bond donors (Lipinski definition) is 0. The predicted octanol–water partition coefficient (Wildman–Crippen LogP) is 4.28. The van der Waals surface area contributed by atoms with E-state index in [1.165, 1.54) is 64.6 Å². The highest BCUT2D eigenvalue weighted by molar-refractivity contribution is 4.58. The van der Waals surface area contributed by atoms with E-state index in [-0.39, 0.29) is 0 Å². The summed E-state index contributed by atoms with van der Waals surface area (Å²) in [6.45, 7) is 12.4. The Hall–Kier alpha value is -0.0400. The summed E-state index contributed by atoms with van der Waals surface area (Å²) in [4.78, 5) is 2.65. The molecule has 0 fully saturated rings. The molecule has 0 spiro atoms. The van der Waals surface area contributed by atoms with Gasteiger partial charge in [-0.05, 0) is 38.9 Å². The molecule has 0 aromatic rings. The topological polar surface area (TPSA) is 3.24 Å². The van der Waals surface area contributed by atoms with Crippen LogP contribution in [0.25, 0.3) is 0 Å². The van der Waals surface area contributed by atoms with E-state index in [0.29, 0.717) is 0 Å². The van der Waals surface area contributed by atoms with Gasteiger partial charge in [-0.2, -0.15) is 0 Å². The van der Waals surface area contributed by atoms with Gasteiger partial charge in [0.25, 0.3) is 0 Å². The molecule has 0 saturated heterocycles. The zero-order chi connectivity index (χ0) is 11.4. The van der Waals surface area contributed by atoms with E-state index in [4.69, 9.17) is 0 Å². The Balaban J connectivity index is 3.49. The second-order valence-electron chi connectivity index (χ2n) is 4.46. The average molecular weight is 212 g/mol. The lowest BCUT2D eigenvalue weighted by Gasteiger charge is -2.21. The number of rotatable bonds is 11. The first kappa shape index (κ1) is 15.0. The van der Waals surface area contributed by atoms with E-state index < -0.39 is 0 Å². The maximum atomic E-state index is 3.89. The van der Waals surface area contributed by atoms with Crippen molar-refractivity contribution in [1.29, 1.82) is 0 Å². The van der Waals surface area contributed by atoms with Crippen LogP contribution >= 0.6 is 0 Å². The standard InChI is InChI=1S/C14H30N/c1-4-7-10-11-14-15(12-8-5-2)13-9-6-3/h1,4-14H2,2-3H3. The number of hydrogen-bond acceptors (Lipinski definition) is 1. The molecular formula is C14H30N. The Morgan fingerprint density at radius 1 is 0.733 bits per heavy atom. The van der Waals surface area contributed by atoms with Gasteiger partial charge in [0.15, 0.2) is 0 Å². The molecule has 0 aliphatic heterocycles. The first-order valence-electron chi connectivity index (χ1n) is 6.86. The van der Waals surface area contributed by atoms with Crippen LogP contribution in [0, 0.1) is 6.92 Å². The first-order chi connectivity index (χ1) is 7.35. The van der Waals surface area contributed by atoms with Gasteiger partial charge in [-0.15, -0.1) is 0 Å². The molecule has 0 aliphatic carbocycles. The van der Waals surface area contributed by atoms with Gasteiger partial charge in [0.1, 0.15) is 0 Å². The Bertz CT molecular complexity index is 104. The SMILES string of the molecule is [CH2]CCCCCN(CCCC)CCCC. The molecule has 15 heavy (non-hydrogen) atoms. The summed E-state index contributed by atoms with van der Waals surface area (Å²) in [6, 6.07) is 0. The second-order valence-corrected chi connectivity index (χ2v) is 4.46. The minimum atomic E-state index is 1.10. The molecule has 0 unspecified atom stereocenters. The van der Waals surface area contributed by atoms with Gasteiger partial charge in [0.2, 0.25) is 0 Å². The van der Waals surface area contributed by atoms with Crippen LogP contribution in [-0.2, 0) is 0 Å². The molecule has 1 radical (unpaired) electrons. The maximum Gasteiger partial charge on any atom is -0.00187 e. The van der Waals surface area contributed by atoms with Gasteiger partial charge in [0.05, 0.1) is 0 Å². The molecule has 91 valence electrons. The third kappa shape index (κ3) is 10.2. The largest absolute Gasteiger partial charge is 0.303 e. The highest BCUT2D eigenvalue weighted by atomic mass is 15.1. The Morgan fingerprint density at radius 3 is 1.73 bits per heavy atom. The third-order valence-electron chi connectivity index (χ3n) is 2.88.